The highest BCUT2D eigenvalue weighted by molar-refractivity contribution is 5.99. The number of anilines is 1. The number of hydrogen-bond acceptors (Lipinski definition) is 4. The molecule has 2 atom stereocenters. The largest absolute Gasteiger partial charge is 0.365 e. The molecule has 0 spiro atoms. The third kappa shape index (κ3) is 2.77. The van der Waals surface area contributed by atoms with Crippen LogP contribution in [0.25, 0.3) is 0 Å². The van der Waals surface area contributed by atoms with E-state index >= 15 is 0 Å². The van der Waals surface area contributed by atoms with E-state index in [9.17, 15) is 4.79 Å². The maximum absolute atomic E-state index is 11.7. The minimum atomic E-state index is -0.409. The molecule has 110 valence electrons. The SMILES string of the molecule is CCC1CN(c2nc(C)cc(C)c2C(N)=O)CCC1N. The van der Waals surface area contributed by atoms with Gasteiger partial charge in [-0.15, -0.1) is 0 Å². The van der Waals surface area contributed by atoms with Crippen LogP contribution >= 0.6 is 0 Å². The van der Waals surface area contributed by atoms with Gasteiger partial charge in [0, 0.05) is 24.8 Å². The number of amides is 1. The summed E-state index contributed by atoms with van der Waals surface area (Å²) in [4.78, 5) is 18.5. The van der Waals surface area contributed by atoms with Crippen molar-refractivity contribution in [3.8, 4) is 0 Å². The predicted molar refractivity (Wildman–Crippen MR) is 80.8 cm³/mol. The smallest absolute Gasteiger partial charge is 0.252 e. The first-order chi connectivity index (χ1) is 9.43. The molecule has 1 aliphatic rings. The molecule has 20 heavy (non-hydrogen) atoms. The Hall–Kier alpha value is -1.62. The van der Waals surface area contributed by atoms with Gasteiger partial charge in [0.1, 0.15) is 5.82 Å². The van der Waals surface area contributed by atoms with Crippen molar-refractivity contribution in [1.82, 2.24) is 4.98 Å². The summed E-state index contributed by atoms with van der Waals surface area (Å²) in [6, 6.07) is 2.13. The van der Waals surface area contributed by atoms with Gasteiger partial charge in [-0.1, -0.05) is 13.3 Å². The molecular formula is C15H24N4O. The van der Waals surface area contributed by atoms with Gasteiger partial charge >= 0.3 is 0 Å². The Morgan fingerprint density at radius 2 is 2.20 bits per heavy atom. The first-order valence-corrected chi connectivity index (χ1v) is 7.22. The number of pyridine rings is 1. The number of nitrogens with two attached hydrogens (primary N) is 2. The van der Waals surface area contributed by atoms with Crippen molar-refractivity contribution < 1.29 is 4.79 Å². The number of carbonyl (C=O) groups excluding carboxylic acids is 1. The second-order valence-corrected chi connectivity index (χ2v) is 5.71. The number of hydrogen-bond donors (Lipinski definition) is 2. The first-order valence-electron chi connectivity index (χ1n) is 7.22. The zero-order chi connectivity index (χ0) is 14.9. The van der Waals surface area contributed by atoms with Gasteiger partial charge in [-0.25, -0.2) is 4.98 Å². The van der Waals surface area contributed by atoms with Crippen LogP contribution in [-0.4, -0.2) is 30.0 Å². The molecule has 1 saturated heterocycles. The topological polar surface area (TPSA) is 85.2 Å². The van der Waals surface area contributed by atoms with E-state index in [0.29, 0.717) is 11.5 Å². The van der Waals surface area contributed by atoms with Crippen molar-refractivity contribution in [2.45, 2.75) is 39.7 Å². The van der Waals surface area contributed by atoms with E-state index in [2.05, 4.69) is 16.8 Å². The summed E-state index contributed by atoms with van der Waals surface area (Å²) >= 11 is 0. The average molecular weight is 276 g/mol. The first kappa shape index (κ1) is 14.8. The molecule has 5 nitrogen and oxygen atoms in total. The molecule has 1 aromatic heterocycles. The van der Waals surface area contributed by atoms with Gasteiger partial charge < -0.3 is 16.4 Å². The van der Waals surface area contributed by atoms with E-state index in [4.69, 9.17) is 11.5 Å². The van der Waals surface area contributed by atoms with Gasteiger partial charge in [0.25, 0.3) is 5.91 Å². The average Bonchev–Trinajstić information content (AvgIpc) is 2.37. The van der Waals surface area contributed by atoms with Gasteiger partial charge in [0.2, 0.25) is 0 Å². The number of nitrogens with zero attached hydrogens (tertiary/aromatic N) is 2. The molecular weight excluding hydrogens is 252 g/mol. The standard InChI is InChI=1S/C15H24N4O/c1-4-11-8-19(6-5-12(11)16)15-13(14(17)20)9(2)7-10(3)18-15/h7,11-12H,4-6,8,16H2,1-3H3,(H2,17,20). The second kappa shape index (κ2) is 5.79. The van der Waals surface area contributed by atoms with Crippen LogP contribution in [0, 0.1) is 19.8 Å². The Bertz CT molecular complexity index is 515. The summed E-state index contributed by atoms with van der Waals surface area (Å²) in [5, 5.41) is 0. The highest BCUT2D eigenvalue weighted by Gasteiger charge is 2.28. The lowest BCUT2D eigenvalue weighted by molar-refractivity contribution is 0.0999. The minimum absolute atomic E-state index is 0.235. The molecule has 2 unspecified atom stereocenters. The van der Waals surface area contributed by atoms with Crippen LogP contribution in [0.2, 0.25) is 0 Å². The van der Waals surface area contributed by atoms with Crippen LogP contribution in [0.1, 0.15) is 41.4 Å². The van der Waals surface area contributed by atoms with Crippen LogP contribution in [-0.2, 0) is 0 Å². The number of piperidine rings is 1. The Labute approximate surface area is 120 Å². The molecule has 0 aliphatic carbocycles. The van der Waals surface area contributed by atoms with E-state index in [1.165, 1.54) is 0 Å². The third-order valence-corrected chi connectivity index (χ3v) is 4.19. The fraction of sp³-hybridized carbons (Fsp3) is 0.600. The Morgan fingerprint density at radius 3 is 2.80 bits per heavy atom. The molecule has 5 heteroatoms. The zero-order valence-electron chi connectivity index (χ0n) is 12.5. The number of aromatic nitrogens is 1. The lowest BCUT2D eigenvalue weighted by atomic mass is 9.90. The molecule has 0 aromatic carbocycles. The monoisotopic (exact) mass is 276 g/mol. The molecule has 1 aromatic rings. The van der Waals surface area contributed by atoms with Crippen molar-refractivity contribution in [2.24, 2.45) is 17.4 Å². The zero-order valence-corrected chi connectivity index (χ0v) is 12.5. The fourth-order valence-electron chi connectivity index (χ4n) is 3.03. The second-order valence-electron chi connectivity index (χ2n) is 5.71. The predicted octanol–water partition coefficient (Wildman–Crippen LogP) is 1.36. The van der Waals surface area contributed by atoms with Crippen LogP contribution in [0.4, 0.5) is 5.82 Å². The van der Waals surface area contributed by atoms with E-state index in [1.807, 2.05) is 19.9 Å². The lowest BCUT2D eigenvalue weighted by Crippen LogP contribution is -2.47. The molecule has 0 bridgehead atoms. The van der Waals surface area contributed by atoms with Crippen LogP contribution < -0.4 is 16.4 Å². The summed E-state index contributed by atoms with van der Waals surface area (Å²) in [6.45, 7) is 7.67. The summed E-state index contributed by atoms with van der Waals surface area (Å²) < 4.78 is 0. The third-order valence-electron chi connectivity index (χ3n) is 4.19. The van der Waals surface area contributed by atoms with Crippen LogP contribution in [0.3, 0.4) is 0 Å². The lowest BCUT2D eigenvalue weighted by Gasteiger charge is -2.38. The highest BCUT2D eigenvalue weighted by Crippen LogP contribution is 2.27. The molecule has 0 radical (unpaired) electrons. The van der Waals surface area contributed by atoms with Gasteiger partial charge in [0.05, 0.1) is 5.56 Å². The van der Waals surface area contributed by atoms with Gasteiger partial charge in [-0.3, -0.25) is 4.79 Å². The van der Waals surface area contributed by atoms with Gasteiger partial charge in [0.15, 0.2) is 0 Å². The Balaban J connectivity index is 2.39. The van der Waals surface area contributed by atoms with E-state index in [-0.39, 0.29) is 6.04 Å². The van der Waals surface area contributed by atoms with E-state index in [0.717, 1.165) is 43.0 Å². The maximum atomic E-state index is 11.7. The Morgan fingerprint density at radius 1 is 1.50 bits per heavy atom. The van der Waals surface area contributed by atoms with Crippen molar-refractivity contribution in [3.05, 3.63) is 22.9 Å². The number of rotatable bonds is 3. The normalized spacial score (nSPS) is 22.9. The van der Waals surface area contributed by atoms with E-state index in [1.54, 1.807) is 0 Å². The molecule has 1 aliphatic heterocycles. The maximum Gasteiger partial charge on any atom is 0.252 e. The van der Waals surface area contributed by atoms with Crippen molar-refractivity contribution >= 4 is 11.7 Å². The Kier molecular flexibility index (Phi) is 4.28. The summed E-state index contributed by atoms with van der Waals surface area (Å²) in [6.07, 6.45) is 1.96. The summed E-state index contributed by atoms with van der Waals surface area (Å²) in [5.41, 5.74) is 14.0. The number of aryl methyl sites for hydroxylation is 2. The minimum Gasteiger partial charge on any atom is -0.365 e. The van der Waals surface area contributed by atoms with Crippen molar-refractivity contribution in [2.75, 3.05) is 18.0 Å². The molecule has 1 fully saturated rings. The number of carbonyl (C=O) groups is 1. The molecule has 4 N–H and O–H groups in total. The molecule has 0 saturated carbocycles. The van der Waals surface area contributed by atoms with Gasteiger partial charge in [-0.05, 0) is 37.8 Å². The fourth-order valence-corrected chi connectivity index (χ4v) is 3.03. The molecule has 2 rings (SSSR count). The van der Waals surface area contributed by atoms with Crippen molar-refractivity contribution in [1.29, 1.82) is 0 Å². The number of primary amides is 1. The highest BCUT2D eigenvalue weighted by atomic mass is 16.1. The van der Waals surface area contributed by atoms with Crippen LogP contribution in [0.5, 0.6) is 0 Å². The van der Waals surface area contributed by atoms with E-state index < -0.39 is 5.91 Å². The summed E-state index contributed by atoms with van der Waals surface area (Å²) in [7, 11) is 0. The molecule has 2 heterocycles. The van der Waals surface area contributed by atoms with Crippen molar-refractivity contribution in [3.63, 3.8) is 0 Å². The quantitative estimate of drug-likeness (QED) is 0.873. The van der Waals surface area contributed by atoms with Crippen LogP contribution in [0.15, 0.2) is 6.07 Å². The summed E-state index contributed by atoms with van der Waals surface area (Å²) in [5.74, 6) is 0.750. The molecule has 1 amide bonds. The van der Waals surface area contributed by atoms with Gasteiger partial charge in [-0.2, -0.15) is 0 Å².